The third kappa shape index (κ3) is 6.91. The number of nitrogens with zero attached hydrogens (tertiary/aromatic N) is 2. The summed E-state index contributed by atoms with van der Waals surface area (Å²) >= 11 is 0. The van der Waals surface area contributed by atoms with Crippen molar-refractivity contribution in [1.82, 2.24) is 9.80 Å². The molecule has 1 aliphatic heterocycles. The van der Waals surface area contributed by atoms with Gasteiger partial charge >= 0.3 is 0 Å². The number of amides is 2. The molecule has 166 valence electrons. The molecule has 1 atom stereocenters. The molecule has 2 aromatic rings. The van der Waals surface area contributed by atoms with Gasteiger partial charge in [-0.05, 0) is 43.4 Å². The van der Waals surface area contributed by atoms with Crippen LogP contribution >= 0.6 is 0 Å². The molecule has 0 radical (unpaired) electrons. The molecule has 6 nitrogen and oxygen atoms in total. The van der Waals surface area contributed by atoms with Gasteiger partial charge in [0.1, 0.15) is 0 Å². The molecule has 1 aliphatic rings. The first-order chi connectivity index (χ1) is 14.9. The number of hydrogen-bond acceptors (Lipinski definition) is 4. The molecule has 0 saturated carbocycles. The number of rotatable bonds is 9. The van der Waals surface area contributed by atoms with Crippen molar-refractivity contribution in [3.63, 3.8) is 0 Å². The number of likely N-dealkylation sites (N-methyl/N-ethyl adjacent to an activating group) is 1. The van der Waals surface area contributed by atoms with E-state index in [9.17, 15) is 9.59 Å². The Kier molecular flexibility index (Phi) is 8.20. The Morgan fingerprint density at radius 2 is 1.74 bits per heavy atom. The number of anilines is 1. The first-order valence-electron chi connectivity index (χ1n) is 10.9. The van der Waals surface area contributed by atoms with E-state index in [1.54, 1.807) is 7.05 Å². The van der Waals surface area contributed by atoms with Gasteiger partial charge in [0.15, 0.2) is 0 Å². The zero-order valence-electron chi connectivity index (χ0n) is 18.8. The lowest BCUT2D eigenvalue weighted by molar-refractivity contribution is -0.134. The molecule has 0 aliphatic carbocycles. The maximum absolute atomic E-state index is 12.9. The fraction of sp³-hybridized carbons (Fsp3) is 0.440. The smallest absolute Gasteiger partial charge is 0.243 e. The molecule has 31 heavy (non-hydrogen) atoms. The van der Waals surface area contributed by atoms with Crippen LogP contribution in [0.4, 0.5) is 5.69 Å². The highest BCUT2D eigenvalue weighted by atomic mass is 16.5. The monoisotopic (exact) mass is 423 g/mol. The van der Waals surface area contributed by atoms with E-state index in [1.165, 1.54) is 4.90 Å². The van der Waals surface area contributed by atoms with Gasteiger partial charge in [0, 0.05) is 32.4 Å². The minimum Gasteiger partial charge on any atom is -0.377 e. The SMILES string of the molecule is Cc1cccc(C)c1NC(=O)CN(C)C(=O)CN(Cc1ccccc1)CC1CCCO1. The molecule has 1 N–H and O–H groups in total. The molecule has 0 aromatic heterocycles. The molecule has 2 amide bonds. The third-order valence-corrected chi connectivity index (χ3v) is 5.65. The van der Waals surface area contributed by atoms with Crippen LogP contribution in [0.15, 0.2) is 48.5 Å². The van der Waals surface area contributed by atoms with Gasteiger partial charge in [-0.1, -0.05) is 48.5 Å². The second kappa shape index (κ2) is 11.1. The zero-order valence-corrected chi connectivity index (χ0v) is 18.8. The molecule has 1 saturated heterocycles. The van der Waals surface area contributed by atoms with Gasteiger partial charge in [0.25, 0.3) is 0 Å². The Balaban J connectivity index is 1.58. The summed E-state index contributed by atoms with van der Waals surface area (Å²) in [4.78, 5) is 29.1. The van der Waals surface area contributed by atoms with Gasteiger partial charge in [-0.2, -0.15) is 0 Å². The predicted molar refractivity (Wildman–Crippen MR) is 123 cm³/mol. The van der Waals surface area contributed by atoms with E-state index in [1.807, 2.05) is 50.2 Å². The number of aryl methyl sites for hydroxylation is 2. The van der Waals surface area contributed by atoms with Crippen LogP contribution in [0.25, 0.3) is 0 Å². The Morgan fingerprint density at radius 1 is 1.03 bits per heavy atom. The number of para-hydroxylation sites is 1. The standard InChI is InChI=1S/C25H33N3O3/c1-19-9-7-10-20(2)25(19)26-23(29)17-27(3)24(30)18-28(16-22-13-8-14-31-22)15-21-11-5-4-6-12-21/h4-7,9-12,22H,8,13-18H2,1-3H3,(H,26,29). The lowest BCUT2D eigenvalue weighted by Crippen LogP contribution is -2.43. The number of nitrogens with one attached hydrogen (secondary N) is 1. The van der Waals surface area contributed by atoms with Crippen molar-refractivity contribution in [3.8, 4) is 0 Å². The summed E-state index contributed by atoms with van der Waals surface area (Å²) in [6, 6.07) is 16.0. The number of carbonyl (C=O) groups is 2. The molecule has 2 aromatic carbocycles. The largest absolute Gasteiger partial charge is 0.377 e. The predicted octanol–water partition coefficient (Wildman–Crippen LogP) is 3.38. The minimum atomic E-state index is -0.193. The lowest BCUT2D eigenvalue weighted by atomic mass is 10.1. The molecular weight excluding hydrogens is 390 g/mol. The van der Waals surface area contributed by atoms with E-state index in [4.69, 9.17) is 4.74 Å². The second-order valence-electron chi connectivity index (χ2n) is 8.36. The maximum Gasteiger partial charge on any atom is 0.243 e. The molecule has 6 heteroatoms. The third-order valence-electron chi connectivity index (χ3n) is 5.65. The summed E-state index contributed by atoms with van der Waals surface area (Å²) < 4.78 is 5.79. The van der Waals surface area contributed by atoms with Gasteiger partial charge < -0.3 is 15.0 Å². The van der Waals surface area contributed by atoms with Gasteiger partial charge in [-0.3, -0.25) is 14.5 Å². The number of ether oxygens (including phenoxy) is 1. The van der Waals surface area contributed by atoms with Crippen LogP contribution in [0.1, 0.15) is 29.5 Å². The summed E-state index contributed by atoms with van der Waals surface area (Å²) in [5.74, 6) is -0.271. The first-order valence-corrected chi connectivity index (χ1v) is 10.9. The number of carbonyl (C=O) groups excluding carboxylic acids is 2. The van der Waals surface area contributed by atoms with E-state index in [0.717, 1.165) is 41.8 Å². The molecule has 1 fully saturated rings. The highest BCUT2D eigenvalue weighted by Gasteiger charge is 2.23. The fourth-order valence-corrected chi connectivity index (χ4v) is 3.91. The average molecular weight is 424 g/mol. The van der Waals surface area contributed by atoms with Crippen molar-refractivity contribution < 1.29 is 14.3 Å². The molecule has 0 spiro atoms. The Bertz CT molecular complexity index is 859. The Morgan fingerprint density at radius 3 is 2.39 bits per heavy atom. The van der Waals surface area contributed by atoms with Gasteiger partial charge in [-0.15, -0.1) is 0 Å². The van der Waals surface area contributed by atoms with Crippen molar-refractivity contribution in [3.05, 3.63) is 65.2 Å². The summed E-state index contributed by atoms with van der Waals surface area (Å²) in [6.07, 6.45) is 2.25. The van der Waals surface area contributed by atoms with Gasteiger partial charge in [0.2, 0.25) is 11.8 Å². The van der Waals surface area contributed by atoms with Crippen LogP contribution in [0.3, 0.4) is 0 Å². The summed E-state index contributed by atoms with van der Waals surface area (Å²) in [5, 5.41) is 2.95. The van der Waals surface area contributed by atoms with Crippen LogP contribution in [-0.2, 0) is 20.9 Å². The fourth-order valence-electron chi connectivity index (χ4n) is 3.91. The van der Waals surface area contributed by atoms with Crippen molar-refractivity contribution in [2.75, 3.05) is 38.6 Å². The lowest BCUT2D eigenvalue weighted by Gasteiger charge is -2.27. The van der Waals surface area contributed by atoms with Crippen molar-refractivity contribution in [2.45, 2.75) is 39.3 Å². The molecular formula is C25H33N3O3. The second-order valence-corrected chi connectivity index (χ2v) is 8.36. The first kappa shape index (κ1) is 23.0. The van der Waals surface area contributed by atoms with Crippen LogP contribution in [-0.4, -0.2) is 61.0 Å². The molecule has 3 rings (SSSR count). The minimum absolute atomic E-state index is 0.0196. The highest BCUT2D eigenvalue weighted by molar-refractivity contribution is 5.95. The van der Waals surface area contributed by atoms with E-state index in [2.05, 4.69) is 22.3 Å². The van der Waals surface area contributed by atoms with Gasteiger partial charge in [0.05, 0.1) is 19.2 Å². The normalized spacial score (nSPS) is 15.8. The van der Waals surface area contributed by atoms with E-state index in [-0.39, 0.29) is 31.0 Å². The number of benzene rings is 2. The number of hydrogen-bond donors (Lipinski definition) is 1. The van der Waals surface area contributed by atoms with Crippen LogP contribution in [0, 0.1) is 13.8 Å². The quantitative estimate of drug-likeness (QED) is 0.672. The van der Waals surface area contributed by atoms with Crippen LogP contribution in [0.2, 0.25) is 0 Å². The average Bonchev–Trinajstić information content (AvgIpc) is 3.24. The van der Waals surface area contributed by atoms with Crippen molar-refractivity contribution in [1.29, 1.82) is 0 Å². The molecule has 1 heterocycles. The maximum atomic E-state index is 12.9. The van der Waals surface area contributed by atoms with E-state index in [0.29, 0.717) is 13.1 Å². The topological polar surface area (TPSA) is 61.9 Å². The zero-order chi connectivity index (χ0) is 22.2. The van der Waals surface area contributed by atoms with E-state index < -0.39 is 0 Å². The van der Waals surface area contributed by atoms with Crippen molar-refractivity contribution >= 4 is 17.5 Å². The van der Waals surface area contributed by atoms with Gasteiger partial charge in [-0.25, -0.2) is 0 Å². The summed E-state index contributed by atoms with van der Waals surface area (Å²) in [7, 11) is 1.68. The van der Waals surface area contributed by atoms with Crippen LogP contribution < -0.4 is 5.32 Å². The van der Waals surface area contributed by atoms with Crippen molar-refractivity contribution in [2.24, 2.45) is 0 Å². The molecule has 1 unspecified atom stereocenters. The molecule has 0 bridgehead atoms. The van der Waals surface area contributed by atoms with Crippen LogP contribution in [0.5, 0.6) is 0 Å². The summed E-state index contributed by atoms with van der Waals surface area (Å²) in [6.45, 7) is 6.37. The highest BCUT2D eigenvalue weighted by Crippen LogP contribution is 2.19. The Hall–Kier alpha value is -2.70. The Labute approximate surface area is 185 Å². The van der Waals surface area contributed by atoms with E-state index >= 15 is 0 Å². The summed E-state index contributed by atoms with van der Waals surface area (Å²) in [5.41, 5.74) is 3.99.